The molecular formula is C14H22N2O2. The van der Waals surface area contributed by atoms with Crippen LogP contribution in [-0.4, -0.2) is 25.6 Å². The predicted octanol–water partition coefficient (Wildman–Crippen LogP) is 2.41. The highest BCUT2D eigenvalue weighted by molar-refractivity contribution is 5.80. The lowest BCUT2D eigenvalue weighted by molar-refractivity contribution is -0.119. The number of hydrogen-bond acceptors (Lipinski definition) is 3. The Bertz CT molecular complexity index is 349. The van der Waals surface area contributed by atoms with E-state index < -0.39 is 0 Å². The fourth-order valence-corrected chi connectivity index (χ4v) is 1.45. The average Bonchev–Trinajstić information content (AvgIpc) is 2.38. The first-order valence-corrected chi connectivity index (χ1v) is 6.49. The number of ether oxygens (including phenoxy) is 1. The average molecular weight is 250 g/mol. The van der Waals surface area contributed by atoms with Gasteiger partial charge in [-0.3, -0.25) is 4.79 Å². The van der Waals surface area contributed by atoms with Gasteiger partial charge in [0, 0.05) is 12.2 Å². The van der Waals surface area contributed by atoms with E-state index in [0.717, 1.165) is 30.9 Å². The van der Waals surface area contributed by atoms with Crippen molar-refractivity contribution in [1.82, 2.24) is 5.32 Å². The van der Waals surface area contributed by atoms with E-state index in [9.17, 15) is 4.79 Å². The van der Waals surface area contributed by atoms with Crippen molar-refractivity contribution >= 4 is 11.6 Å². The molecular weight excluding hydrogens is 228 g/mol. The molecule has 0 heterocycles. The number of amides is 1. The molecule has 0 aromatic heterocycles. The Morgan fingerprint density at radius 1 is 1.22 bits per heavy atom. The van der Waals surface area contributed by atoms with Gasteiger partial charge in [-0.1, -0.05) is 13.3 Å². The van der Waals surface area contributed by atoms with Gasteiger partial charge in [0.15, 0.2) is 0 Å². The fourth-order valence-electron chi connectivity index (χ4n) is 1.45. The molecule has 0 radical (unpaired) electrons. The largest absolute Gasteiger partial charge is 0.494 e. The van der Waals surface area contributed by atoms with Crippen molar-refractivity contribution in [2.45, 2.75) is 26.7 Å². The van der Waals surface area contributed by atoms with Gasteiger partial charge in [0.25, 0.3) is 0 Å². The third-order valence-electron chi connectivity index (χ3n) is 2.45. The van der Waals surface area contributed by atoms with Crippen molar-refractivity contribution in [1.29, 1.82) is 0 Å². The standard InChI is InChI=1S/C14H22N2O2/c1-3-5-10-18-13-8-6-12(7-9-13)16-11-14(17)15-4-2/h6-9,16H,3-5,10-11H2,1-2H3,(H,15,17). The highest BCUT2D eigenvalue weighted by Gasteiger charge is 1.99. The summed E-state index contributed by atoms with van der Waals surface area (Å²) in [6.07, 6.45) is 2.20. The van der Waals surface area contributed by atoms with Gasteiger partial charge in [0.1, 0.15) is 5.75 Å². The van der Waals surface area contributed by atoms with E-state index in [1.807, 2.05) is 31.2 Å². The van der Waals surface area contributed by atoms with Gasteiger partial charge in [-0.2, -0.15) is 0 Å². The molecule has 0 aliphatic heterocycles. The fraction of sp³-hybridized carbons (Fsp3) is 0.500. The molecule has 0 aliphatic carbocycles. The Hall–Kier alpha value is -1.71. The number of anilines is 1. The Balaban J connectivity index is 2.33. The van der Waals surface area contributed by atoms with Gasteiger partial charge in [0.2, 0.25) is 5.91 Å². The second kappa shape index (κ2) is 8.39. The molecule has 18 heavy (non-hydrogen) atoms. The number of likely N-dealkylation sites (N-methyl/N-ethyl adjacent to an activating group) is 1. The van der Waals surface area contributed by atoms with Crippen LogP contribution in [-0.2, 0) is 4.79 Å². The molecule has 1 aromatic rings. The zero-order chi connectivity index (χ0) is 13.2. The zero-order valence-electron chi connectivity index (χ0n) is 11.2. The first kappa shape index (κ1) is 14.4. The van der Waals surface area contributed by atoms with E-state index in [2.05, 4.69) is 17.6 Å². The molecule has 0 unspecified atom stereocenters. The lowest BCUT2D eigenvalue weighted by Gasteiger charge is -2.08. The Morgan fingerprint density at radius 2 is 1.94 bits per heavy atom. The van der Waals surface area contributed by atoms with Crippen LogP contribution >= 0.6 is 0 Å². The van der Waals surface area contributed by atoms with E-state index in [4.69, 9.17) is 4.74 Å². The van der Waals surface area contributed by atoms with Crippen molar-refractivity contribution in [3.05, 3.63) is 24.3 Å². The van der Waals surface area contributed by atoms with E-state index in [-0.39, 0.29) is 5.91 Å². The summed E-state index contributed by atoms with van der Waals surface area (Å²) in [5.41, 5.74) is 0.920. The van der Waals surface area contributed by atoms with Crippen LogP contribution in [0, 0.1) is 0 Å². The van der Waals surface area contributed by atoms with Crippen LogP contribution in [0.5, 0.6) is 5.75 Å². The van der Waals surface area contributed by atoms with Crippen molar-refractivity contribution in [2.75, 3.05) is 25.0 Å². The summed E-state index contributed by atoms with van der Waals surface area (Å²) < 4.78 is 5.56. The van der Waals surface area contributed by atoms with Crippen LogP contribution in [0.15, 0.2) is 24.3 Å². The number of rotatable bonds is 8. The van der Waals surface area contributed by atoms with Crippen molar-refractivity contribution < 1.29 is 9.53 Å². The molecule has 4 heteroatoms. The number of carbonyl (C=O) groups is 1. The van der Waals surface area contributed by atoms with Crippen LogP contribution in [0.4, 0.5) is 5.69 Å². The van der Waals surface area contributed by atoms with E-state index in [1.165, 1.54) is 0 Å². The van der Waals surface area contributed by atoms with Crippen LogP contribution < -0.4 is 15.4 Å². The zero-order valence-corrected chi connectivity index (χ0v) is 11.2. The van der Waals surface area contributed by atoms with Crippen molar-refractivity contribution in [3.8, 4) is 5.75 Å². The molecule has 0 atom stereocenters. The second-order valence-electron chi connectivity index (χ2n) is 4.03. The molecule has 0 bridgehead atoms. The highest BCUT2D eigenvalue weighted by atomic mass is 16.5. The molecule has 0 aliphatic rings. The third-order valence-corrected chi connectivity index (χ3v) is 2.45. The molecule has 0 saturated heterocycles. The van der Waals surface area contributed by atoms with Gasteiger partial charge in [-0.15, -0.1) is 0 Å². The van der Waals surface area contributed by atoms with E-state index >= 15 is 0 Å². The molecule has 1 amide bonds. The molecule has 0 fully saturated rings. The summed E-state index contributed by atoms with van der Waals surface area (Å²) >= 11 is 0. The van der Waals surface area contributed by atoms with Crippen molar-refractivity contribution in [2.24, 2.45) is 0 Å². The van der Waals surface area contributed by atoms with Gasteiger partial charge in [-0.05, 0) is 37.6 Å². The van der Waals surface area contributed by atoms with Gasteiger partial charge >= 0.3 is 0 Å². The summed E-state index contributed by atoms with van der Waals surface area (Å²) in [6.45, 7) is 5.74. The summed E-state index contributed by atoms with van der Waals surface area (Å²) in [7, 11) is 0. The van der Waals surface area contributed by atoms with Gasteiger partial charge in [0.05, 0.1) is 13.2 Å². The minimum Gasteiger partial charge on any atom is -0.494 e. The second-order valence-corrected chi connectivity index (χ2v) is 4.03. The van der Waals surface area contributed by atoms with Crippen LogP contribution in [0.2, 0.25) is 0 Å². The number of unbranched alkanes of at least 4 members (excludes halogenated alkanes) is 1. The predicted molar refractivity (Wildman–Crippen MR) is 74.0 cm³/mol. The van der Waals surface area contributed by atoms with Crippen LogP contribution in [0.3, 0.4) is 0 Å². The van der Waals surface area contributed by atoms with E-state index in [0.29, 0.717) is 13.1 Å². The smallest absolute Gasteiger partial charge is 0.239 e. The summed E-state index contributed by atoms with van der Waals surface area (Å²) in [5, 5.41) is 5.79. The van der Waals surface area contributed by atoms with Crippen LogP contribution in [0.25, 0.3) is 0 Å². The lowest BCUT2D eigenvalue weighted by Crippen LogP contribution is -2.29. The minimum absolute atomic E-state index is 0.000715. The van der Waals surface area contributed by atoms with Crippen molar-refractivity contribution in [3.63, 3.8) is 0 Å². The van der Waals surface area contributed by atoms with Gasteiger partial charge < -0.3 is 15.4 Å². The molecule has 1 aromatic carbocycles. The maximum absolute atomic E-state index is 11.3. The number of hydrogen-bond donors (Lipinski definition) is 2. The quantitative estimate of drug-likeness (QED) is 0.697. The summed E-state index contributed by atoms with van der Waals surface area (Å²) in [6, 6.07) is 7.66. The molecule has 0 spiro atoms. The Morgan fingerprint density at radius 3 is 2.56 bits per heavy atom. The summed E-state index contributed by atoms with van der Waals surface area (Å²) in [4.78, 5) is 11.3. The maximum atomic E-state index is 11.3. The highest BCUT2D eigenvalue weighted by Crippen LogP contribution is 2.15. The normalized spacial score (nSPS) is 9.89. The number of benzene rings is 1. The molecule has 100 valence electrons. The molecule has 2 N–H and O–H groups in total. The lowest BCUT2D eigenvalue weighted by atomic mass is 10.3. The summed E-state index contributed by atoms with van der Waals surface area (Å²) in [5.74, 6) is 0.868. The Kier molecular flexibility index (Phi) is 6.69. The topological polar surface area (TPSA) is 50.4 Å². The van der Waals surface area contributed by atoms with E-state index in [1.54, 1.807) is 0 Å². The molecule has 0 saturated carbocycles. The first-order valence-electron chi connectivity index (χ1n) is 6.49. The Labute approximate surface area is 109 Å². The maximum Gasteiger partial charge on any atom is 0.239 e. The number of nitrogens with one attached hydrogen (secondary N) is 2. The minimum atomic E-state index is 0.000715. The number of carbonyl (C=O) groups excluding carboxylic acids is 1. The first-order chi connectivity index (χ1) is 8.76. The third kappa shape index (κ3) is 5.57. The SMILES string of the molecule is CCCCOc1ccc(NCC(=O)NCC)cc1. The molecule has 4 nitrogen and oxygen atoms in total. The van der Waals surface area contributed by atoms with Crippen LogP contribution in [0.1, 0.15) is 26.7 Å². The molecule has 1 rings (SSSR count). The monoisotopic (exact) mass is 250 g/mol. The van der Waals surface area contributed by atoms with Gasteiger partial charge in [-0.25, -0.2) is 0 Å².